The van der Waals surface area contributed by atoms with E-state index in [0.29, 0.717) is 37.4 Å². The number of hydrogen-bond donors (Lipinski definition) is 1. The zero-order chi connectivity index (χ0) is 27.2. The maximum Gasteiger partial charge on any atom is 0.338 e. The number of thiophene rings is 1. The first-order valence-corrected chi connectivity index (χ1v) is 12.8. The third-order valence-corrected chi connectivity index (χ3v) is 6.94. The summed E-state index contributed by atoms with van der Waals surface area (Å²) in [5, 5.41) is 12.5. The van der Waals surface area contributed by atoms with Crippen molar-refractivity contribution in [3.63, 3.8) is 0 Å². The monoisotopic (exact) mass is 548 g/mol. The van der Waals surface area contributed by atoms with Crippen LogP contribution >= 0.6 is 11.3 Å². The molecule has 0 atom stereocenters. The Kier molecular flexibility index (Phi) is 7.91. The molecule has 0 spiro atoms. The van der Waals surface area contributed by atoms with Crippen molar-refractivity contribution in [2.24, 2.45) is 5.11 Å². The maximum absolute atomic E-state index is 11.1. The lowest BCUT2D eigenvalue weighted by Crippen LogP contribution is -2.36. The van der Waals surface area contributed by atoms with Gasteiger partial charge < -0.3 is 24.4 Å². The number of carbonyl (C=O) groups is 1. The number of carboxylic acid groups (broad SMARTS) is 1. The van der Waals surface area contributed by atoms with Gasteiger partial charge in [-0.1, -0.05) is 5.11 Å². The Balaban J connectivity index is 1.43. The van der Waals surface area contributed by atoms with Gasteiger partial charge in [0.2, 0.25) is 11.8 Å². The van der Waals surface area contributed by atoms with Crippen molar-refractivity contribution in [3.8, 4) is 17.3 Å². The Bertz CT molecular complexity index is 1500. The largest absolute Gasteiger partial charge is 0.478 e. The average Bonchev–Trinajstić information content (AvgIpc) is 3.38. The van der Waals surface area contributed by atoms with Gasteiger partial charge in [0, 0.05) is 60.1 Å². The highest BCUT2D eigenvalue weighted by atomic mass is 32.1. The zero-order valence-electron chi connectivity index (χ0n) is 21.0. The fourth-order valence-corrected chi connectivity index (χ4v) is 5.09. The van der Waals surface area contributed by atoms with Crippen LogP contribution < -0.4 is 14.5 Å². The molecule has 0 aromatic carbocycles. The number of carboxylic acids is 1. The molecule has 4 aromatic rings. The summed E-state index contributed by atoms with van der Waals surface area (Å²) in [6.07, 6.45) is 4.25. The van der Waals surface area contributed by atoms with E-state index in [2.05, 4.69) is 29.9 Å². The molecule has 200 valence electrons. The fraction of sp³-hybridized carbons (Fsp3) is 0.333. The van der Waals surface area contributed by atoms with Gasteiger partial charge in [0.05, 0.1) is 48.7 Å². The molecule has 14 nitrogen and oxygen atoms in total. The van der Waals surface area contributed by atoms with Crippen molar-refractivity contribution in [3.05, 3.63) is 57.7 Å². The lowest BCUT2D eigenvalue weighted by atomic mass is 10.2. The molecule has 0 amide bonds. The van der Waals surface area contributed by atoms with Crippen molar-refractivity contribution in [2.75, 3.05) is 56.3 Å². The Morgan fingerprint density at radius 3 is 2.72 bits per heavy atom. The van der Waals surface area contributed by atoms with Crippen molar-refractivity contribution in [1.82, 2.24) is 24.9 Å². The van der Waals surface area contributed by atoms with E-state index in [9.17, 15) is 4.79 Å². The molecule has 5 heterocycles. The van der Waals surface area contributed by atoms with Gasteiger partial charge in [0.25, 0.3) is 0 Å². The average molecular weight is 549 g/mol. The number of aromatic nitrogens is 5. The standard InChI is InChI=1S/C24H24N10O4S/c1-33(24-27-12-16(13-28-24)23(35)36)14-17-10-18-20(39-17)22(34-5-8-37-9-6-34)31-21(30-18)15-2-3-19(26-11-15)38-7-4-29-32-25/h2-3,10-13H,4-9,14H2,1H3,(H,35,36). The van der Waals surface area contributed by atoms with Crippen LogP contribution in [0.4, 0.5) is 11.8 Å². The molecule has 0 unspecified atom stereocenters. The van der Waals surface area contributed by atoms with E-state index < -0.39 is 5.97 Å². The predicted octanol–water partition coefficient (Wildman–Crippen LogP) is 3.40. The number of morpholine rings is 1. The Labute approximate surface area is 226 Å². The molecule has 1 aliphatic rings. The number of azide groups is 1. The van der Waals surface area contributed by atoms with Gasteiger partial charge in [-0.3, -0.25) is 0 Å². The number of ether oxygens (including phenoxy) is 2. The van der Waals surface area contributed by atoms with Crippen LogP contribution in [0.15, 0.2) is 41.9 Å². The maximum atomic E-state index is 11.1. The molecule has 0 aliphatic carbocycles. The molecule has 1 aliphatic heterocycles. The summed E-state index contributed by atoms with van der Waals surface area (Å²) < 4.78 is 12.0. The van der Waals surface area contributed by atoms with E-state index in [1.165, 1.54) is 12.4 Å². The fourth-order valence-electron chi connectivity index (χ4n) is 3.93. The van der Waals surface area contributed by atoms with Crippen LogP contribution in [0.1, 0.15) is 15.2 Å². The molecular formula is C24H24N10O4S. The van der Waals surface area contributed by atoms with E-state index in [4.69, 9.17) is 30.1 Å². The van der Waals surface area contributed by atoms with Crippen LogP contribution in [-0.2, 0) is 11.3 Å². The normalized spacial score (nSPS) is 13.2. The first-order valence-electron chi connectivity index (χ1n) is 12.0. The highest BCUT2D eigenvalue weighted by molar-refractivity contribution is 7.19. The molecule has 1 fully saturated rings. The minimum absolute atomic E-state index is 0.0363. The summed E-state index contributed by atoms with van der Waals surface area (Å²) in [5.41, 5.74) is 9.97. The number of rotatable bonds is 10. The molecule has 1 N–H and O–H groups in total. The van der Waals surface area contributed by atoms with Crippen molar-refractivity contribution in [2.45, 2.75) is 6.54 Å². The third-order valence-electron chi connectivity index (χ3n) is 5.83. The van der Waals surface area contributed by atoms with Crippen LogP contribution in [0.25, 0.3) is 32.0 Å². The minimum Gasteiger partial charge on any atom is -0.478 e. The first-order chi connectivity index (χ1) is 19.0. The van der Waals surface area contributed by atoms with E-state index in [-0.39, 0.29) is 18.7 Å². The molecule has 5 rings (SSSR count). The van der Waals surface area contributed by atoms with Crippen molar-refractivity contribution < 1.29 is 19.4 Å². The lowest BCUT2D eigenvalue weighted by molar-refractivity contribution is 0.0696. The topological polar surface area (TPSA) is 175 Å². The highest BCUT2D eigenvalue weighted by Crippen LogP contribution is 2.35. The molecule has 0 radical (unpaired) electrons. The van der Waals surface area contributed by atoms with E-state index >= 15 is 0 Å². The van der Waals surface area contributed by atoms with Crippen LogP contribution in [0.2, 0.25) is 0 Å². The number of anilines is 2. The third kappa shape index (κ3) is 6.12. The molecule has 0 saturated carbocycles. The smallest absolute Gasteiger partial charge is 0.338 e. The van der Waals surface area contributed by atoms with Gasteiger partial charge in [-0.2, -0.15) is 0 Å². The Morgan fingerprint density at radius 2 is 2.03 bits per heavy atom. The summed E-state index contributed by atoms with van der Waals surface area (Å²) in [5.74, 6) is 1.16. The van der Waals surface area contributed by atoms with Crippen LogP contribution in [0.3, 0.4) is 0 Å². The molecule has 1 saturated heterocycles. The van der Waals surface area contributed by atoms with Crippen LogP contribution in [0.5, 0.6) is 5.88 Å². The van der Waals surface area contributed by atoms with Gasteiger partial charge in [-0.05, 0) is 17.7 Å². The molecule has 39 heavy (non-hydrogen) atoms. The van der Waals surface area contributed by atoms with E-state index in [1.54, 1.807) is 23.6 Å². The minimum atomic E-state index is -1.07. The number of pyridine rings is 1. The number of fused-ring (bicyclic) bond motifs is 1. The summed E-state index contributed by atoms with van der Waals surface area (Å²) >= 11 is 1.60. The SMILES string of the molecule is CN(Cc1cc2nc(-c3ccc(OCCN=[N+]=[N-])nc3)nc(N3CCOCC3)c2s1)c1ncc(C(=O)O)cn1. The summed E-state index contributed by atoms with van der Waals surface area (Å²) in [7, 11) is 1.85. The van der Waals surface area contributed by atoms with Crippen LogP contribution in [0, 0.1) is 0 Å². The second kappa shape index (κ2) is 11.9. The summed E-state index contributed by atoms with van der Waals surface area (Å²) in [4.78, 5) is 41.4. The second-order valence-corrected chi connectivity index (χ2v) is 9.66. The van der Waals surface area contributed by atoms with Gasteiger partial charge in [-0.15, -0.1) is 11.3 Å². The van der Waals surface area contributed by atoms with Gasteiger partial charge in [-0.25, -0.2) is 29.7 Å². The second-order valence-electron chi connectivity index (χ2n) is 8.52. The summed E-state index contributed by atoms with van der Waals surface area (Å²) in [6, 6.07) is 5.61. The van der Waals surface area contributed by atoms with Gasteiger partial charge in [0.15, 0.2) is 11.6 Å². The van der Waals surface area contributed by atoms with Crippen molar-refractivity contribution in [1.29, 1.82) is 0 Å². The lowest BCUT2D eigenvalue weighted by Gasteiger charge is -2.28. The molecule has 15 heteroatoms. The molecule has 4 aromatic heterocycles. The first kappa shape index (κ1) is 26.0. The van der Waals surface area contributed by atoms with E-state index in [1.807, 2.05) is 24.1 Å². The van der Waals surface area contributed by atoms with Crippen molar-refractivity contribution >= 4 is 39.3 Å². The van der Waals surface area contributed by atoms with Gasteiger partial charge in [0.1, 0.15) is 0 Å². The quantitative estimate of drug-likeness (QED) is 0.133. The Hall–Kier alpha value is -4.59. The van der Waals surface area contributed by atoms with Crippen LogP contribution in [-0.4, -0.2) is 82.5 Å². The summed E-state index contributed by atoms with van der Waals surface area (Å²) in [6.45, 7) is 3.65. The number of nitrogens with zero attached hydrogens (tertiary/aromatic N) is 10. The highest BCUT2D eigenvalue weighted by Gasteiger charge is 2.21. The molecular weight excluding hydrogens is 524 g/mol. The zero-order valence-corrected chi connectivity index (χ0v) is 21.8. The van der Waals surface area contributed by atoms with E-state index in [0.717, 1.165) is 39.6 Å². The van der Waals surface area contributed by atoms with Gasteiger partial charge >= 0.3 is 5.97 Å². The molecule has 0 bridgehead atoms. The number of hydrogen-bond acceptors (Lipinski definition) is 12. The number of aromatic carboxylic acids is 1. The Morgan fingerprint density at radius 1 is 1.23 bits per heavy atom. The predicted molar refractivity (Wildman–Crippen MR) is 144 cm³/mol.